The summed E-state index contributed by atoms with van der Waals surface area (Å²) < 4.78 is 2.05. The van der Waals surface area contributed by atoms with Gasteiger partial charge < -0.3 is 24.7 Å². The van der Waals surface area contributed by atoms with Crippen LogP contribution in [0.15, 0.2) is 91.3 Å². The molecule has 1 aliphatic carbocycles. The molecule has 0 spiro atoms. The van der Waals surface area contributed by atoms with Crippen molar-refractivity contribution in [2.45, 2.75) is 51.1 Å². The van der Waals surface area contributed by atoms with Crippen molar-refractivity contribution in [2.75, 3.05) is 50.5 Å². The first kappa shape index (κ1) is 39.0. The highest BCUT2D eigenvalue weighted by atomic mass is 35.5. The summed E-state index contributed by atoms with van der Waals surface area (Å²) in [5.74, 6) is -0.510. The van der Waals surface area contributed by atoms with Gasteiger partial charge in [0.25, 0.3) is 11.8 Å². The smallest absolute Gasteiger partial charge is 0.272 e. The van der Waals surface area contributed by atoms with Crippen LogP contribution >= 0.6 is 34.8 Å². The third-order valence-corrected chi connectivity index (χ3v) is 12.3. The minimum absolute atomic E-state index is 0.147. The fourth-order valence-corrected chi connectivity index (χ4v) is 9.29. The number of benzene rings is 4. The second-order valence-corrected chi connectivity index (χ2v) is 16.6. The molecule has 0 unspecified atom stereocenters. The van der Waals surface area contributed by atoms with Crippen LogP contribution in [0.5, 0.6) is 0 Å². The lowest BCUT2D eigenvalue weighted by atomic mass is 9.94. The molecule has 2 aromatic heterocycles. The quantitative estimate of drug-likeness (QED) is 0.152. The van der Waals surface area contributed by atoms with Gasteiger partial charge in [-0.2, -0.15) is 0 Å². The van der Waals surface area contributed by atoms with E-state index in [9.17, 15) is 4.79 Å². The van der Waals surface area contributed by atoms with E-state index in [0.29, 0.717) is 54.8 Å². The predicted molar refractivity (Wildman–Crippen MR) is 233 cm³/mol. The van der Waals surface area contributed by atoms with Crippen molar-refractivity contribution in [3.05, 3.63) is 123 Å². The number of carbonyl (C=O) groups is 2. The Morgan fingerprint density at radius 3 is 2.30 bits per heavy atom. The molecule has 1 aliphatic heterocycles. The van der Waals surface area contributed by atoms with Crippen molar-refractivity contribution in [1.82, 2.24) is 24.3 Å². The zero-order chi connectivity index (χ0) is 39.8. The molecule has 2 N–H and O–H groups in total. The first-order valence-electron chi connectivity index (χ1n) is 19.6. The first-order valence-corrected chi connectivity index (χ1v) is 20.8. The standard InChI is InChI=1S/C45H46Cl3N7O2/c1-28(34-17-15-31(46)25-36(34)48)55-27-49-41(29-10-6-4-7-11-29)43(55)40-35-18-16-32(47)26-37(35)50-42(40)44(56)51-38-24-30(45(57)52(2)3)14-19-39(38)54-22-20-53(21-23-54)33-12-8-5-9-13-33/h4,6-7,10-11,14-19,24-28,33,50H,5,8-9,12-13,20-23H2,1-3H3,(H,51,56)/t28-/m0/s1. The van der Waals surface area contributed by atoms with E-state index in [4.69, 9.17) is 39.8 Å². The van der Waals surface area contributed by atoms with Crippen LogP contribution in [-0.4, -0.2) is 82.5 Å². The molecule has 6 aromatic rings. The van der Waals surface area contributed by atoms with Gasteiger partial charge in [-0.05, 0) is 67.8 Å². The largest absolute Gasteiger partial charge is 0.367 e. The van der Waals surface area contributed by atoms with Crippen LogP contribution in [-0.2, 0) is 0 Å². The molecule has 0 radical (unpaired) electrons. The summed E-state index contributed by atoms with van der Waals surface area (Å²) in [5, 5.41) is 5.67. The van der Waals surface area contributed by atoms with Gasteiger partial charge in [0.2, 0.25) is 0 Å². The number of amides is 2. The van der Waals surface area contributed by atoms with Gasteiger partial charge in [-0.15, -0.1) is 0 Å². The van der Waals surface area contributed by atoms with Crippen LogP contribution in [0.3, 0.4) is 0 Å². The van der Waals surface area contributed by atoms with E-state index in [1.54, 1.807) is 37.5 Å². The number of hydrogen-bond acceptors (Lipinski definition) is 5. The molecule has 2 aliphatic rings. The van der Waals surface area contributed by atoms with Gasteiger partial charge in [0.05, 0.1) is 35.1 Å². The number of halogens is 3. The molecular formula is C45H46Cl3N7O2. The minimum atomic E-state index is -0.363. The first-order chi connectivity index (χ1) is 27.6. The second kappa shape index (κ2) is 16.6. The summed E-state index contributed by atoms with van der Waals surface area (Å²) in [5.41, 5.74) is 6.80. The maximum atomic E-state index is 15.0. The molecule has 12 heteroatoms. The minimum Gasteiger partial charge on any atom is -0.367 e. The molecule has 8 rings (SSSR count). The molecule has 2 fully saturated rings. The molecule has 9 nitrogen and oxygen atoms in total. The summed E-state index contributed by atoms with van der Waals surface area (Å²) >= 11 is 19.7. The Balaban J connectivity index is 1.24. The van der Waals surface area contributed by atoms with Crippen molar-refractivity contribution < 1.29 is 9.59 Å². The molecule has 0 bridgehead atoms. The highest BCUT2D eigenvalue weighted by Gasteiger charge is 2.30. The number of imidazole rings is 1. The zero-order valence-corrected chi connectivity index (χ0v) is 34.6. The molecule has 4 aromatic carbocycles. The lowest BCUT2D eigenvalue weighted by Gasteiger charge is -2.42. The molecular weight excluding hydrogens is 777 g/mol. The summed E-state index contributed by atoms with van der Waals surface area (Å²) in [6.07, 6.45) is 8.24. The van der Waals surface area contributed by atoms with Crippen molar-refractivity contribution >= 4 is 68.9 Å². The van der Waals surface area contributed by atoms with Gasteiger partial charge in [0.1, 0.15) is 5.69 Å². The highest BCUT2D eigenvalue weighted by Crippen LogP contribution is 2.43. The van der Waals surface area contributed by atoms with Crippen LogP contribution < -0.4 is 10.2 Å². The van der Waals surface area contributed by atoms with Crippen LogP contribution in [0.2, 0.25) is 15.1 Å². The topological polar surface area (TPSA) is 89.5 Å². The van der Waals surface area contributed by atoms with Crippen LogP contribution in [0.1, 0.15) is 71.5 Å². The zero-order valence-electron chi connectivity index (χ0n) is 32.4. The van der Waals surface area contributed by atoms with Gasteiger partial charge in [-0.25, -0.2) is 4.98 Å². The number of nitrogens with one attached hydrogen (secondary N) is 2. The fraction of sp³-hybridized carbons (Fsp3) is 0.311. The maximum absolute atomic E-state index is 15.0. The number of H-pyrrole nitrogens is 1. The lowest BCUT2D eigenvalue weighted by molar-refractivity contribution is 0.0827. The SMILES string of the molecule is C[C@@H](c1ccc(Cl)cc1Cl)n1cnc(-c2ccccc2)c1-c1c(C(=O)Nc2cc(C(=O)N(C)C)ccc2N2CCN(C3CCCCC3)CC2)[nH]c2cc(Cl)ccc12. The Hall–Kier alpha value is -4.80. The third kappa shape index (κ3) is 7.91. The number of rotatable bonds is 9. The number of carbonyl (C=O) groups excluding carboxylic acids is 2. The number of fused-ring (bicyclic) bond motifs is 1. The summed E-state index contributed by atoms with van der Waals surface area (Å²) in [6, 6.07) is 26.9. The van der Waals surface area contributed by atoms with Crippen molar-refractivity contribution in [3.8, 4) is 22.5 Å². The number of aromatic nitrogens is 3. The van der Waals surface area contributed by atoms with E-state index < -0.39 is 0 Å². The number of anilines is 2. The Bertz CT molecular complexity index is 2430. The normalized spacial score (nSPS) is 15.9. The van der Waals surface area contributed by atoms with E-state index in [2.05, 4.69) is 24.7 Å². The average Bonchev–Trinajstić information content (AvgIpc) is 3.82. The van der Waals surface area contributed by atoms with E-state index in [-0.39, 0.29) is 17.9 Å². The van der Waals surface area contributed by atoms with E-state index >= 15 is 4.79 Å². The van der Waals surface area contributed by atoms with Crippen molar-refractivity contribution in [3.63, 3.8) is 0 Å². The number of piperazine rings is 1. The van der Waals surface area contributed by atoms with E-state index in [1.165, 1.54) is 32.1 Å². The number of nitrogens with zero attached hydrogens (tertiary/aromatic N) is 5. The van der Waals surface area contributed by atoms with E-state index in [0.717, 1.165) is 54.1 Å². The molecule has 3 heterocycles. The summed E-state index contributed by atoms with van der Waals surface area (Å²) in [7, 11) is 3.46. The molecule has 1 atom stereocenters. The Kier molecular flexibility index (Phi) is 11.4. The highest BCUT2D eigenvalue weighted by molar-refractivity contribution is 6.35. The summed E-state index contributed by atoms with van der Waals surface area (Å²) in [4.78, 5) is 43.2. The number of aromatic amines is 1. The molecule has 1 saturated carbocycles. The van der Waals surface area contributed by atoms with Gasteiger partial charge in [0, 0.05) is 89.0 Å². The van der Waals surface area contributed by atoms with Gasteiger partial charge in [-0.3, -0.25) is 14.5 Å². The molecule has 294 valence electrons. The van der Waals surface area contributed by atoms with Crippen molar-refractivity contribution in [1.29, 1.82) is 0 Å². The van der Waals surface area contributed by atoms with Gasteiger partial charge >= 0.3 is 0 Å². The Morgan fingerprint density at radius 2 is 1.58 bits per heavy atom. The molecule has 57 heavy (non-hydrogen) atoms. The van der Waals surface area contributed by atoms with Gasteiger partial charge in [-0.1, -0.05) is 96.5 Å². The fourth-order valence-electron chi connectivity index (χ4n) is 8.55. The third-order valence-electron chi connectivity index (χ3n) is 11.5. The summed E-state index contributed by atoms with van der Waals surface area (Å²) in [6.45, 7) is 5.59. The molecule has 2 amide bonds. The van der Waals surface area contributed by atoms with Crippen LogP contribution in [0.4, 0.5) is 11.4 Å². The predicted octanol–water partition coefficient (Wildman–Crippen LogP) is 10.7. The maximum Gasteiger partial charge on any atom is 0.272 e. The van der Waals surface area contributed by atoms with Crippen LogP contribution in [0.25, 0.3) is 33.4 Å². The molecule has 1 saturated heterocycles. The monoisotopic (exact) mass is 821 g/mol. The van der Waals surface area contributed by atoms with E-state index in [1.807, 2.05) is 79.7 Å². The average molecular weight is 823 g/mol. The second-order valence-electron chi connectivity index (χ2n) is 15.3. The Labute approximate surface area is 348 Å². The number of hydrogen-bond donors (Lipinski definition) is 2. The Morgan fingerprint density at radius 1 is 0.860 bits per heavy atom. The lowest BCUT2D eigenvalue weighted by Crippen LogP contribution is -2.51. The van der Waals surface area contributed by atoms with Crippen molar-refractivity contribution in [2.24, 2.45) is 0 Å². The van der Waals surface area contributed by atoms with Gasteiger partial charge in [0.15, 0.2) is 0 Å². The van der Waals surface area contributed by atoms with Crippen LogP contribution in [0, 0.1) is 0 Å².